The molecule has 0 atom stereocenters. The van der Waals surface area contributed by atoms with Crippen molar-refractivity contribution in [3.63, 3.8) is 0 Å². The van der Waals surface area contributed by atoms with Gasteiger partial charge in [0.2, 0.25) is 0 Å². The van der Waals surface area contributed by atoms with Crippen molar-refractivity contribution in [1.29, 1.82) is 0 Å². The smallest absolute Gasteiger partial charge is 0.426 e. The van der Waals surface area contributed by atoms with Gasteiger partial charge in [-0.05, 0) is 60.6 Å². The second kappa shape index (κ2) is 7.25. The monoisotopic (exact) mass is 370 g/mol. The highest BCUT2D eigenvalue weighted by Gasteiger charge is 2.36. The summed E-state index contributed by atoms with van der Waals surface area (Å²) < 4.78 is 73.1. The van der Waals surface area contributed by atoms with Crippen LogP contribution in [0.25, 0.3) is 0 Å². The molecule has 2 aromatic carbocycles. The molecule has 3 rings (SSSR count). The van der Waals surface area contributed by atoms with E-state index in [1.807, 2.05) is 0 Å². The number of benzene rings is 2. The fraction of sp³-hybridized carbons (Fsp3) is 0.400. The largest absolute Gasteiger partial charge is 0.426 e. The first-order valence-electron chi connectivity index (χ1n) is 8.58. The van der Waals surface area contributed by atoms with Crippen molar-refractivity contribution in [3.8, 4) is 5.75 Å². The second-order valence-corrected chi connectivity index (χ2v) is 6.89. The first-order chi connectivity index (χ1) is 12.3. The lowest BCUT2D eigenvalue weighted by molar-refractivity contribution is -0.187. The number of alkyl halides is 2. The predicted molar refractivity (Wildman–Crippen MR) is 87.7 cm³/mol. The van der Waals surface area contributed by atoms with Gasteiger partial charge in [-0.3, -0.25) is 0 Å². The van der Waals surface area contributed by atoms with Crippen molar-refractivity contribution in [1.82, 2.24) is 0 Å². The van der Waals surface area contributed by atoms with E-state index >= 15 is 0 Å². The van der Waals surface area contributed by atoms with E-state index in [4.69, 9.17) is 0 Å². The molecule has 140 valence electrons. The van der Waals surface area contributed by atoms with Gasteiger partial charge >= 0.3 is 6.11 Å². The zero-order valence-electron chi connectivity index (χ0n) is 14.2. The van der Waals surface area contributed by atoms with Crippen LogP contribution in [-0.4, -0.2) is 0 Å². The van der Waals surface area contributed by atoms with Gasteiger partial charge < -0.3 is 4.74 Å². The van der Waals surface area contributed by atoms with Crippen LogP contribution in [0, 0.1) is 23.4 Å². The van der Waals surface area contributed by atoms with Crippen molar-refractivity contribution in [3.05, 3.63) is 65.0 Å². The summed E-state index contributed by atoms with van der Waals surface area (Å²) in [7, 11) is 0. The fourth-order valence-electron chi connectivity index (χ4n) is 3.32. The zero-order chi connectivity index (χ0) is 18.9. The third kappa shape index (κ3) is 4.00. The Labute approximate surface area is 148 Å². The maximum atomic E-state index is 14.3. The Hall–Kier alpha value is -2.11. The summed E-state index contributed by atoms with van der Waals surface area (Å²) in [4.78, 5) is 0. The Bertz CT molecular complexity index is 782. The molecular formula is C20H19F5O. The van der Waals surface area contributed by atoms with Gasteiger partial charge in [0.05, 0.1) is 5.56 Å². The van der Waals surface area contributed by atoms with Gasteiger partial charge in [0.1, 0.15) is 0 Å². The van der Waals surface area contributed by atoms with Crippen molar-refractivity contribution in [2.24, 2.45) is 5.92 Å². The Morgan fingerprint density at radius 2 is 1.54 bits per heavy atom. The Balaban J connectivity index is 1.78. The quantitative estimate of drug-likeness (QED) is 0.556. The summed E-state index contributed by atoms with van der Waals surface area (Å²) in [5, 5.41) is 0. The van der Waals surface area contributed by atoms with Crippen LogP contribution < -0.4 is 4.74 Å². The van der Waals surface area contributed by atoms with E-state index in [9.17, 15) is 22.0 Å². The van der Waals surface area contributed by atoms with Crippen LogP contribution in [0.2, 0.25) is 0 Å². The number of halogens is 5. The SMILES string of the molecule is CC1CCC(c2ccc(OC(F)(F)c3ccc(F)c(F)c3)c(F)c2)CC1. The van der Waals surface area contributed by atoms with E-state index in [1.165, 1.54) is 6.07 Å². The van der Waals surface area contributed by atoms with E-state index in [0.717, 1.165) is 37.3 Å². The van der Waals surface area contributed by atoms with Crippen LogP contribution in [0.5, 0.6) is 5.75 Å². The lowest BCUT2D eigenvalue weighted by Crippen LogP contribution is -2.23. The fourth-order valence-corrected chi connectivity index (χ4v) is 3.32. The number of rotatable bonds is 4. The molecule has 0 saturated heterocycles. The summed E-state index contributed by atoms with van der Waals surface area (Å²) in [5.74, 6) is -3.35. The first-order valence-corrected chi connectivity index (χ1v) is 8.58. The van der Waals surface area contributed by atoms with Crippen molar-refractivity contribution >= 4 is 0 Å². The van der Waals surface area contributed by atoms with Crippen LogP contribution >= 0.6 is 0 Å². The van der Waals surface area contributed by atoms with Crippen molar-refractivity contribution in [2.75, 3.05) is 0 Å². The molecular weight excluding hydrogens is 351 g/mol. The average molecular weight is 370 g/mol. The summed E-state index contributed by atoms with van der Waals surface area (Å²) in [6.07, 6.45) is -0.00764. The predicted octanol–water partition coefficient (Wildman–Crippen LogP) is 6.53. The molecule has 0 amide bonds. The molecule has 1 aliphatic rings. The minimum atomic E-state index is -3.99. The normalized spacial score (nSPS) is 20.8. The topological polar surface area (TPSA) is 9.23 Å². The van der Waals surface area contributed by atoms with Gasteiger partial charge in [0.25, 0.3) is 0 Å². The lowest BCUT2D eigenvalue weighted by atomic mass is 9.79. The second-order valence-electron chi connectivity index (χ2n) is 6.89. The van der Waals surface area contributed by atoms with Crippen molar-refractivity contribution in [2.45, 2.75) is 44.6 Å². The summed E-state index contributed by atoms with van der Waals surface area (Å²) >= 11 is 0. The number of ether oxygens (including phenoxy) is 1. The molecule has 0 unspecified atom stereocenters. The summed E-state index contributed by atoms with van der Waals surface area (Å²) in [6.45, 7) is 2.17. The molecule has 1 fully saturated rings. The first kappa shape index (κ1) is 18.7. The molecule has 0 aliphatic heterocycles. The number of hydrogen-bond acceptors (Lipinski definition) is 1. The molecule has 1 nitrogen and oxygen atoms in total. The maximum Gasteiger partial charge on any atom is 0.426 e. The molecule has 0 N–H and O–H groups in total. The van der Waals surface area contributed by atoms with Gasteiger partial charge in [-0.2, -0.15) is 8.78 Å². The van der Waals surface area contributed by atoms with Crippen molar-refractivity contribution < 1.29 is 26.7 Å². The van der Waals surface area contributed by atoms with Crippen LogP contribution in [-0.2, 0) is 6.11 Å². The lowest BCUT2D eigenvalue weighted by Gasteiger charge is -2.27. The van der Waals surface area contributed by atoms with E-state index in [1.54, 1.807) is 6.07 Å². The third-order valence-electron chi connectivity index (χ3n) is 4.94. The Morgan fingerprint density at radius 1 is 0.846 bits per heavy atom. The molecule has 6 heteroatoms. The molecule has 0 radical (unpaired) electrons. The third-order valence-corrected chi connectivity index (χ3v) is 4.94. The highest BCUT2D eigenvalue weighted by molar-refractivity contribution is 5.33. The van der Waals surface area contributed by atoms with E-state index < -0.39 is 34.9 Å². The van der Waals surface area contributed by atoms with Gasteiger partial charge in [-0.1, -0.05) is 25.8 Å². The van der Waals surface area contributed by atoms with E-state index in [2.05, 4.69) is 11.7 Å². The van der Waals surface area contributed by atoms with Gasteiger partial charge in [-0.15, -0.1) is 0 Å². The molecule has 26 heavy (non-hydrogen) atoms. The summed E-state index contributed by atoms with van der Waals surface area (Å²) in [5.41, 5.74) is -0.126. The maximum absolute atomic E-state index is 14.3. The molecule has 0 spiro atoms. The number of hydrogen-bond donors (Lipinski definition) is 0. The van der Waals surface area contributed by atoms with Crippen LogP contribution in [0.15, 0.2) is 36.4 Å². The summed E-state index contributed by atoms with van der Waals surface area (Å²) in [6, 6.07) is 5.58. The van der Waals surface area contributed by atoms with Gasteiger partial charge in [0, 0.05) is 0 Å². The minimum Gasteiger partial charge on any atom is -0.426 e. The standard InChI is InChI=1S/C20H19F5O/c1-12-2-4-13(5-3-12)14-6-9-19(18(23)10-14)26-20(24,25)15-7-8-16(21)17(22)11-15/h6-13H,2-5H2,1H3. The molecule has 0 bridgehead atoms. The van der Waals surface area contributed by atoms with Crippen LogP contribution in [0.1, 0.15) is 49.7 Å². The van der Waals surface area contributed by atoms with E-state index in [0.29, 0.717) is 24.1 Å². The molecule has 0 aromatic heterocycles. The average Bonchev–Trinajstić information content (AvgIpc) is 2.59. The minimum absolute atomic E-state index is 0.210. The molecule has 2 aromatic rings. The highest BCUT2D eigenvalue weighted by atomic mass is 19.3. The Kier molecular flexibility index (Phi) is 5.21. The Morgan fingerprint density at radius 3 is 2.15 bits per heavy atom. The molecule has 1 aliphatic carbocycles. The molecule has 0 heterocycles. The zero-order valence-corrected chi connectivity index (χ0v) is 14.2. The van der Waals surface area contributed by atoms with Crippen LogP contribution in [0.4, 0.5) is 22.0 Å². The van der Waals surface area contributed by atoms with Gasteiger partial charge in [0.15, 0.2) is 23.2 Å². The van der Waals surface area contributed by atoms with E-state index in [-0.39, 0.29) is 5.92 Å². The van der Waals surface area contributed by atoms with Crippen LogP contribution in [0.3, 0.4) is 0 Å². The van der Waals surface area contributed by atoms with Gasteiger partial charge in [-0.25, -0.2) is 13.2 Å². The highest BCUT2D eigenvalue weighted by Crippen LogP contribution is 2.38. The molecule has 1 saturated carbocycles.